The highest BCUT2D eigenvalue weighted by atomic mass is 16.5. The highest BCUT2D eigenvalue weighted by molar-refractivity contribution is 6.10. The van der Waals surface area contributed by atoms with Crippen molar-refractivity contribution in [2.75, 3.05) is 18.1 Å². The number of hydrogen-bond acceptors (Lipinski definition) is 4. The molecule has 5 nitrogen and oxygen atoms in total. The normalized spacial score (nSPS) is 15.4. The first-order valence-electron chi connectivity index (χ1n) is 6.88. The zero-order valence-electron chi connectivity index (χ0n) is 11.9. The SMILES string of the molecule is CCOC(=O)C(N)C(=O)N1CCCc2cccc(C)c21. The molecule has 0 saturated carbocycles. The number of aryl methyl sites for hydroxylation is 2. The summed E-state index contributed by atoms with van der Waals surface area (Å²) in [4.78, 5) is 25.7. The maximum absolute atomic E-state index is 12.4. The second kappa shape index (κ2) is 6.05. The van der Waals surface area contributed by atoms with E-state index >= 15 is 0 Å². The van der Waals surface area contributed by atoms with Gasteiger partial charge in [0.1, 0.15) is 0 Å². The van der Waals surface area contributed by atoms with Gasteiger partial charge in [-0.05, 0) is 37.8 Å². The quantitative estimate of drug-likeness (QED) is 0.664. The predicted octanol–water partition coefficient (Wildman–Crippen LogP) is 1.16. The molecule has 0 aliphatic carbocycles. The van der Waals surface area contributed by atoms with Gasteiger partial charge in [0.15, 0.2) is 6.04 Å². The number of nitrogens with two attached hydrogens (primary N) is 1. The molecule has 0 fully saturated rings. The van der Waals surface area contributed by atoms with Crippen LogP contribution in [0.1, 0.15) is 24.5 Å². The third kappa shape index (κ3) is 2.67. The zero-order valence-corrected chi connectivity index (χ0v) is 11.9. The van der Waals surface area contributed by atoms with Crippen LogP contribution < -0.4 is 10.6 Å². The molecule has 2 rings (SSSR count). The Kier molecular flexibility index (Phi) is 4.39. The maximum atomic E-state index is 12.4. The molecule has 1 amide bonds. The summed E-state index contributed by atoms with van der Waals surface area (Å²) in [6, 6.07) is 4.70. The van der Waals surface area contributed by atoms with Crippen molar-refractivity contribution in [2.24, 2.45) is 5.73 Å². The average Bonchev–Trinajstić information content (AvgIpc) is 2.45. The summed E-state index contributed by atoms with van der Waals surface area (Å²) < 4.78 is 4.82. The van der Waals surface area contributed by atoms with E-state index in [1.54, 1.807) is 11.8 Å². The van der Waals surface area contributed by atoms with Crippen LogP contribution in [0, 0.1) is 6.92 Å². The molecular formula is C15H20N2O3. The summed E-state index contributed by atoms with van der Waals surface area (Å²) in [5.74, 6) is -1.06. The number of esters is 1. The Hall–Kier alpha value is -1.88. The fourth-order valence-corrected chi connectivity index (χ4v) is 2.57. The molecule has 1 unspecified atom stereocenters. The maximum Gasteiger partial charge on any atom is 0.332 e. The molecule has 1 aliphatic rings. The number of para-hydroxylation sites is 1. The van der Waals surface area contributed by atoms with E-state index in [0.717, 1.165) is 29.7 Å². The first-order chi connectivity index (χ1) is 9.56. The lowest BCUT2D eigenvalue weighted by atomic mass is 9.97. The van der Waals surface area contributed by atoms with Crippen molar-refractivity contribution < 1.29 is 14.3 Å². The number of anilines is 1. The number of carbonyl (C=O) groups excluding carboxylic acids is 2. The van der Waals surface area contributed by atoms with Crippen molar-refractivity contribution in [1.82, 2.24) is 0 Å². The molecule has 5 heteroatoms. The molecule has 1 atom stereocenters. The predicted molar refractivity (Wildman–Crippen MR) is 76.5 cm³/mol. The lowest BCUT2D eigenvalue weighted by Gasteiger charge is -2.32. The number of carbonyl (C=O) groups is 2. The lowest BCUT2D eigenvalue weighted by Crippen LogP contribution is -2.50. The van der Waals surface area contributed by atoms with Gasteiger partial charge >= 0.3 is 5.97 Å². The highest BCUT2D eigenvalue weighted by Crippen LogP contribution is 2.30. The molecule has 1 aromatic carbocycles. The third-order valence-electron chi connectivity index (χ3n) is 3.49. The van der Waals surface area contributed by atoms with Crippen LogP contribution in [-0.2, 0) is 20.7 Å². The molecule has 0 radical (unpaired) electrons. The first kappa shape index (κ1) is 14.5. The summed E-state index contributed by atoms with van der Waals surface area (Å²) in [6.07, 6.45) is 1.81. The van der Waals surface area contributed by atoms with Crippen LogP contribution in [0.3, 0.4) is 0 Å². The van der Waals surface area contributed by atoms with Gasteiger partial charge in [-0.15, -0.1) is 0 Å². The van der Waals surface area contributed by atoms with Crippen molar-refractivity contribution in [3.63, 3.8) is 0 Å². The zero-order chi connectivity index (χ0) is 14.7. The number of rotatable bonds is 3. The van der Waals surface area contributed by atoms with E-state index in [-0.39, 0.29) is 6.61 Å². The second-order valence-corrected chi connectivity index (χ2v) is 4.91. The molecule has 0 saturated heterocycles. The Morgan fingerprint density at radius 3 is 2.90 bits per heavy atom. The Bertz CT molecular complexity index is 528. The van der Waals surface area contributed by atoms with Crippen LogP contribution in [0.25, 0.3) is 0 Å². The third-order valence-corrected chi connectivity index (χ3v) is 3.49. The van der Waals surface area contributed by atoms with Gasteiger partial charge in [-0.3, -0.25) is 4.79 Å². The van der Waals surface area contributed by atoms with E-state index < -0.39 is 17.9 Å². The van der Waals surface area contributed by atoms with Gasteiger partial charge < -0.3 is 15.4 Å². The van der Waals surface area contributed by atoms with Crippen LogP contribution >= 0.6 is 0 Å². The van der Waals surface area contributed by atoms with Gasteiger partial charge in [0, 0.05) is 12.2 Å². The fourth-order valence-electron chi connectivity index (χ4n) is 2.57. The van der Waals surface area contributed by atoms with Gasteiger partial charge in [-0.25, -0.2) is 4.79 Å². The molecule has 108 valence electrons. The molecule has 0 aromatic heterocycles. The Morgan fingerprint density at radius 2 is 2.20 bits per heavy atom. The lowest BCUT2D eigenvalue weighted by molar-refractivity contribution is -0.147. The highest BCUT2D eigenvalue weighted by Gasteiger charge is 2.32. The van der Waals surface area contributed by atoms with E-state index in [4.69, 9.17) is 10.5 Å². The largest absolute Gasteiger partial charge is 0.464 e. The molecular weight excluding hydrogens is 256 g/mol. The Balaban J connectivity index is 2.27. The van der Waals surface area contributed by atoms with Crippen LogP contribution in [0.15, 0.2) is 18.2 Å². The minimum absolute atomic E-state index is 0.218. The van der Waals surface area contributed by atoms with Gasteiger partial charge in [-0.2, -0.15) is 0 Å². The van der Waals surface area contributed by atoms with Crippen molar-refractivity contribution in [1.29, 1.82) is 0 Å². The summed E-state index contributed by atoms with van der Waals surface area (Å²) in [6.45, 7) is 4.45. The molecule has 20 heavy (non-hydrogen) atoms. The van der Waals surface area contributed by atoms with Crippen molar-refractivity contribution in [3.8, 4) is 0 Å². The summed E-state index contributed by atoms with van der Waals surface area (Å²) >= 11 is 0. The fraction of sp³-hybridized carbons (Fsp3) is 0.467. The minimum atomic E-state index is -1.25. The van der Waals surface area contributed by atoms with Crippen LogP contribution in [0.2, 0.25) is 0 Å². The van der Waals surface area contributed by atoms with Gasteiger partial charge in [0.05, 0.1) is 6.61 Å². The molecule has 1 aliphatic heterocycles. The van der Waals surface area contributed by atoms with E-state index in [1.807, 2.05) is 25.1 Å². The molecule has 1 aromatic rings. The number of amides is 1. The van der Waals surface area contributed by atoms with E-state index in [9.17, 15) is 9.59 Å². The van der Waals surface area contributed by atoms with E-state index in [2.05, 4.69) is 0 Å². The number of fused-ring (bicyclic) bond motifs is 1. The number of nitrogens with zero attached hydrogens (tertiary/aromatic N) is 1. The van der Waals surface area contributed by atoms with Gasteiger partial charge in [-0.1, -0.05) is 18.2 Å². The van der Waals surface area contributed by atoms with Crippen LogP contribution in [-0.4, -0.2) is 31.1 Å². The molecule has 1 heterocycles. The summed E-state index contributed by atoms with van der Waals surface area (Å²) in [7, 11) is 0. The number of ether oxygens (including phenoxy) is 1. The Morgan fingerprint density at radius 1 is 1.45 bits per heavy atom. The van der Waals surface area contributed by atoms with Crippen molar-refractivity contribution >= 4 is 17.6 Å². The standard InChI is InChI=1S/C15H20N2O3/c1-3-20-15(19)12(16)14(18)17-9-5-8-11-7-4-6-10(2)13(11)17/h4,6-7,12H,3,5,8-9,16H2,1-2H3. The summed E-state index contributed by atoms with van der Waals surface area (Å²) in [5.41, 5.74) is 8.76. The van der Waals surface area contributed by atoms with E-state index in [0.29, 0.717) is 6.54 Å². The van der Waals surface area contributed by atoms with Crippen LogP contribution in [0.5, 0.6) is 0 Å². The first-order valence-corrected chi connectivity index (χ1v) is 6.88. The minimum Gasteiger partial charge on any atom is -0.464 e. The van der Waals surface area contributed by atoms with Crippen LogP contribution in [0.4, 0.5) is 5.69 Å². The molecule has 0 spiro atoms. The van der Waals surface area contributed by atoms with Crippen molar-refractivity contribution in [3.05, 3.63) is 29.3 Å². The monoisotopic (exact) mass is 276 g/mol. The topological polar surface area (TPSA) is 72.6 Å². The number of benzene rings is 1. The summed E-state index contributed by atoms with van der Waals surface area (Å²) in [5, 5.41) is 0. The van der Waals surface area contributed by atoms with Gasteiger partial charge in [0.2, 0.25) is 0 Å². The number of hydrogen-bond donors (Lipinski definition) is 1. The molecule has 2 N–H and O–H groups in total. The van der Waals surface area contributed by atoms with E-state index in [1.165, 1.54) is 0 Å². The van der Waals surface area contributed by atoms with Gasteiger partial charge in [0.25, 0.3) is 5.91 Å². The second-order valence-electron chi connectivity index (χ2n) is 4.91. The smallest absolute Gasteiger partial charge is 0.332 e. The van der Waals surface area contributed by atoms with Crippen molar-refractivity contribution in [2.45, 2.75) is 32.7 Å². The average molecular weight is 276 g/mol. The Labute approximate surface area is 118 Å². The molecule has 0 bridgehead atoms.